The van der Waals surface area contributed by atoms with Gasteiger partial charge in [-0.1, -0.05) is 6.58 Å². The number of rotatable bonds is 3. The molecule has 0 saturated heterocycles. The van der Waals surface area contributed by atoms with E-state index >= 15 is 0 Å². The molecule has 2 nitrogen and oxygen atoms in total. The lowest BCUT2D eigenvalue weighted by Crippen LogP contribution is -1.90. The fourth-order valence-electron chi connectivity index (χ4n) is 1.35. The Bertz CT molecular complexity index is 461. The van der Waals surface area contributed by atoms with Gasteiger partial charge < -0.3 is 4.74 Å². The van der Waals surface area contributed by atoms with Crippen LogP contribution in [-0.2, 0) is 4.74 Å². The highest BCUT2D eigenvalue weighted by molar-refractivity contribution is 7.17. The van der Waals surface area contributed by atoms with Crippen LogP contribution in [0.25, 0.3) is 16.0 Å². The monoisotopic (exact) mass is 205 g/mol. The fraction of sp³-hybridized carbons (Fsp3) is 0.182. The molecule has 0 N–H and O–H groups in total. The Balaban J connectivity index is 2.50. The Hall–Kier alpha value is -1.35. The molecular formula is C11H11NOS. The summed E-state index contributed by atoms with van der Waals surface area (Å²) >= 11 is 1.66. The van der Waals surface area contributed by atoms with Crippen LogP contribution in [0.15, 0.2) is 30.3 Å². The van der Waals surface area contributed by atoms with E-state index in [1.165, 1.54) is 0 Å². The van der Waals surface area contributed by atoms with E-state index in [1.807, 2.05) is 24.4 Å². The van der Waals surface area contributed by atoms with E-state index in [1.54, 1.807) is 17.5 Å². The summed E-state index contributed by atoms with van der Waals surface area (Å²) < 4.78 is 6.53. The minimum atomic E-state index is 0.647. The van der Waals surface area contributed by atoms with Crippen molar-refractivity contribution in [3.05, 3.63) is 35.9 Å². The Morgan fingerprint density at radius 1 is 1.57 bits per heavy atom. The van der Waals surface area contributed by atoms with E-state index < -0.39 is 0 Å². The van der Waals surface area contributed by atoms with Crippen LogP contribution >= 0.6 is 11.3 Å². The van der Waals surface area contributed by atoms with Gasteiger partial charge in [-0.15, -0.1) is 11.3 Å². The maximum absolute atomic E-state index is 5.39. The average molecular weight is 205 g/mol. The number of aromatic nitrogens is 1. The number of nitrogens with zero attached hydrogens (tertiary/aromatic N) is 1. The van der Waals surface area contributed by atoms with Crippen LogP contribution in [0.2, 0.25) is 0 Å². The van der Waals surface area contributed by atoms with Crippen LogP contribution in [0.5, 0.6) is 0 Å². The van der Waals surface area contributed by atoms with Crippen LogP contribution in [0.3, 0.4) is 0 Å². The van der Waals surface area contributed by atoms with Crippen molar-refractivity contribution in [1.82, 2.24) is 4.98 Å². The summed E-state index contributed by atoms with van der Waals surface area (Å²) in [4.78, 5) is 4.26. The highest BCUT2D eigenvalue weighted by Gasteiger charge is 2.06. The van der Waals surface area contributed by atoms with Crippen LogP contribution < -0.4 is 0 Å². The number of hydrogen-bond acceptors (Lipinski definition) is 3. The summed E-state index contributed by atoms with van der Waals surface area (Å²) in [6, 6.07) is 3.94. The van der Waals surface area contributed by atoms with Crippen LogP contribution in [0, 0.1) is 0 Å². The Kier molecular flexibility index (Phi) is 2.50. The number of ether oxygens (including phenoxy) is 1. The second-order valence-electron chi connectivity index (χ2n) is 2.85. The summed E-state index contributed by atoms with van der Waals surface area (Å²) in [6.07, 6.45) is 1.79. The average Bonchev–Trinajstić information content (AvgIpc) is 2.65. The van der Waals surface area contributed by atoms with Crippen molar-refractivity contribution in [1.29, 1.82) is 0 Å². The Morgan fingerprint density at radius 3 is 3.21 bits per heavy atom. The smallest absolute Gasteiger partial charge is 0.120 e. The van der Waals surface area contributed by atoms with Gasteiger partial charge >= 0.3 is 0 Å². The van der Waals surface area contributed by atoms with E-state index in [4.69, 9.17) is 4.74 Å². The third-order valence-electron chi connectivity index (χ3n) is 1.96. The lowest BCUT2D eigenvalue weighted by Gasteiger charge is -2.06. The van der Waals surface area contributed by atoms with Crippen molar-refractivity contribution in [2.24, 2.45) is 0 Å². The zero-order chi connectivity index (χ0) is 9.97. The highest BCUT2D eigenvalue weighted by Crippen LogP contribution is 2.27. The second-order valence-corrected chi connectivity index (χ2v) is 3.77. The first-order valence-corrected chi connectivity index (χ1v) is 5.35. The largest absolute Gasteiger partial charge is 0.494 e. The van der Waals surface area contributed by atoms with Crippen molar-refractivity contribution in [3.63, 3.8) is 0 Å². The Morgan fingerprint density at radius 2 is 2.43 bits per heavy atom. The third-order valence-corrected chi connectivity index (χ3v) is 2.90. The maximum atomic E-state index is 5.39. The first kappa shape index (κ1) is 9.21. The summed E-state index contributed by atoms with van der Waals surface area (Å²) in [5.41, 5.74) is 2.06. The van der Waals surface area contributed by atoms with Crippen molar-refractivity contribution in [2.45, 2.75) is 6.92 Å². The molecule has 14 heavy (non-hydrogen) atoms. The third kappa shape index (κ3) is 1.51. The first-order chi connectivity index (χ1) is 6.83. The minimum Gasteiger partial charge on any atom is -0.494 e. The zero-order valence-electron chi connectivity index (χ0n) is 7.99. The molecule has 72 valence electrons. The van der Waals surface area contributed by atoms with Crippen LogP contribution in [0.1, 0.15) is 12.5 Å². The molecular weight excluding hydrogens is 194 g/mol. The van der Waals surface area contributed by atoms with Gasteiger partial charge in [0.1, 0.15) is 5.76 Å². The molecule has 0 amide bonds. The zero-order valence-corrected chi connectivity index (χ0v) is 8.80. The summed E-state index contributed by atoms with van der Waals surface area (Å²) in [5.74, 6) is 0.724. The molecule has 2 rings (SSSR count). The first-order valence-electron chi connectivity index (χ1n) is 4.47. The number of hydrogen-bond donors (Lipinski definition) is 0. The predicted molar refractivity (Wildman–Crippen MR) is 60.3 cm³/mol. The summed E-state index contributed by atoms with van der Waals surface area (Å²) in [5, 5.41) is 2.03. The van der Waals surface area contributed by atoms with E-state index in [9.17, 15) is 0 Å². The van der Waals surface area contributed by atoms with Crippen molar-refractivity contribution in [3.8, 4) is 0 Å². The SMILES string of the molecule is C=C(OCC)c1ccnc2ccsc12. The van der Waals surface area contributed by atoms with Crippen molar-refractivity contribution >= 4 is 27.3 Å². The fourth-order valence-corrected chi connectivity index (χ4v) is 2.23. The number of fused-ring (bicyclic) bond motifs is 1. The van der Waals surface area contributed by atoms with E-state index in [0.717, 1.165) is 21.5 Å². The lowest BCUT2D eigenvalue weighted by atomic mass is 10.2. The van der Waals surface area contributed by atoms with Gasteiger partial charge in [0, 0.05) is 11.8 Å². The predicted octanol–water partition coefficient (Wildman–Crippen LogP) is 3.30. The number of thiophene rings is 1. The van der Waals surface area contributed by atoms with Gasteiger partial charge in [-0.3, -0.25) is 4.98 Å². The number of pyridine rings is 1. The topological polar surface area (TPSA) is 22.1 Å². The normalized spacial score (nSPS) is 10.4. The van der Waals surface area contributed by atoms with Crippen molar-refractivity contribution < 1.29 is 4.74 Å². The lowest BCUT2D eigenvalue weighted by molar-refractivity contribution is 0.299. The van der Waals surface area contributed by atoms with Gasteiger partial charge in [-0.25, -0.2) is 0 Å². The quantitative estimate of drug-likeness (QED) is 0.717. The summed E-state index contributed by atoms with van der Waals surface area (Å²) in [7, 11) is 0. The minimum absolute atomic E-state index is 0.647. The molecule has 0 saturated carbocycles. The van der Waals surface area contributed by atoms with Gasteiger partial charge in [0.2, 0.25) is 0 Å². The molecule has 2 heterocycles. The standard InChI is InChI=1S/C11H11NOS/c1-3-13-8(2)9-4-6-12-10-5-7-14-11(9)10/h4-7H,2-3H2,1H3. The van der Waals surface area contributed by atoms with Crippen molar-refractivity contribution in [2.75, 3.05) is 6.61 Å². The van der Waals surface area contributed by atoms with E-state index in [0.29, 0.717) is 6.61 Å². The van der Waals surface area contributed by atoms with E-state index in [-0.39, 0.29) is 0 Å². The highest BCUT2D eigenvalue weighted by atomic mass is 32.1. The molecule has 0 aliphatic rings. The van der Waals surface area contributed by atoms with Gasteiger partial charge in [0.25, 0.3) is 0 Å². The van der Waals surface area contributed by atoms with Crippen LogP contribution in [0.4, 0.5) is 0 Å². The van der Waals surface area contributed by atoms with Gasteiger partial charge in [0.15, 0.2) is 0 Å². The molecule has 3 heteroatoms. The van der Waals surface area contributed by atoms with Gasteiger partial charge in [0.05, 0.1) is 16.8 Å². The van der Waals surface area contributed by atoms with Gasteiger partial charge in [-0.05, 0) is 24.4 Å². The molecule has 0 bridgehead atoms. The molecule has 0 spiro atoms. The van der Waals surface area contributed by atoms with E-state index in [2.05, 4.69) is 11.6 Å². The molecule has 0 unspecified atom stereocenters. The Labute approximate surface area is 86.9 Å². The maximum Gasteiger partial charge on any atom is 0.120 e. The second kappa shape index (κ2) is 3.80. The molecule has 0 atom stereocenters. The molecule has 0 aliphatic heterocycles. The molecule has 0 aliphatic carbocycles. The molecule has 2 aromatic rings. The molecule has 2 aromatic heterocycles. The van der Waals surface area contributed by atoms with Gasteiger partial charge in [-0.2, -0.15) is 0 Å². The molecule has 0 radical (unpaired) electrons. The molecule has 0 aromatic carbocycles. The molecule has 0 fully saturated rings. The summed E-state index contributed by atoms with van der Waals surface area (Å²) in [6.45, 7) is 6.50. The van der Waals surface area contributed by atoms with Crippen LogP contribution in [-0.4, -0.2) is 11.6 Å².